The standard InChI is InChI=1S/C13H27N3O2/c1-6-15(7-2)11-9-16(8-10(11)14)12(17)18-13(3,4)5/h10-11H,6-9,14H2,1-5H3/t10-,11+/m0/s1. The third kappa shape index (κ3) is 3.85. The molecule has 0 aliphatic carbocycles. The highest BCUT2D eigenvalue weighted by molar-refractivity contribution is 5.68. The zero-order valence-corrected chi connectivity index (χ0v) is 12.3. The van der Waals surface area contributed by atoms with E-state index in [0.29, 0.717) is 13.1 Å². The van der Waals surface area contributed by atoms with E-state index in [0.717, 1.165) is 13.1 Å². The summed E-state index contributed by atoms with van der Waals surface area (Å²) in [5.74, 6) is 0. The zero-order chi connectivity index (χ0) is 13.9. The van der Waals surface area contributed by atoms with Gasteiger partial charge in [0.25, 0.3) is 0 Å². The third-order valence-corrected chi connectivity index (χ3v) is 3.27. The molecule has 0 saturated carbocycles. The van der Waals surface area contributed by atoms with Crippen molar-refractivity contribution in [2.45, 2.75) is 52.3 Å². The van der Waals surface area contributed by atoms with Gasteiger partial charge in [-0.25, -0.2) is 4.79 Å². The van der Waals surface area contributed by atoms with Crippen LogP contribution in [-0.4, -0.2) is 59.8 Å². The van der Waals surface area contributed by atoms with Crippen LogP contribution < -0.4 is 5.73 Å². The molecule has 1 heterocycles. The zero-order valence-electron chi connectivity index (χ0n) is 12.3. The average molecular weight is 257 g/mol. The molecular formula is C13H27N3O2. The van der Waals surface area contributed by atoms with Crippen LogP contribution in [0.2, 0.25) is 0 Å². The molecule has 2 N–H and O–H groups in total. The molecule has 1 aliphatic heterocycles. The van der Waals surface area contributed by atoms with Gasteiger partial charge in [0.15, 0.2) is 0 Å². The predicted octanol–water partition coefficient (Wildman–Crippen LogP) is 1.27. The molecule has 0 radical (unpaired) electrons. The van der Waals surface area contributed by atoms with Crippen LogP contribution in [0.15, 0.2) is 0 Å². The van der Waals surface area contributed by atoms with Crippen molar-refractivity contribution in [3.05, 3.63) is 0 Å². The minimum atomic E-state index is -0.450. The van der Waals surface area contributed by atoms with Gasteiger partial charge in [-0.2, -0.15) is 0 Å². The van der Waals surface area contributed by atoms with E-state index in [2.05, 4.69) is 18.7 Å². The molecule has 0 bridgehead atoms. The third-order valence-electron chi connectivity index (χ3n) is 3.27. The Kier molecular flexibility index (Phi) is 4.99. The van der Waals surface area contributed by atoms with Gasteiger partial charge in [-0.3, -0.25) is 4.90 Å². The van der Waals surface area contributed by atoms with Gasteiger partial charge in [-0.15, -0.1) is 0 Å². The first-order valence-corrected chi connectivity index (χ1v) is 6.76. The molecule has 1 rings (SSSR count). The first-order chi connectivity index (χ1) is 8.28. The average Bonchev–Trinajstić information content (AvgIpc) is 2.61. The second-order valence-corrected chi connectivity index (χ2v) is 5.84. The molecule has 5 nitrogen and oxygen atoms in total. The number of hydrogen-bond acceptors (Lipinski definition) is 4. The predicted molar refractivity (Wildman–Crippen MR) is 72.5 cm³/mol. The van der Waals surface area contributed by atoms with Gasteiger partial charge in [-0.05, 0) is 33.9 Å². The van der Waals surface area contributed by atoms with E-state index >= 15 is 0 Å². The number of nitrogens with zero attached hydrogens (tertiary/aromatic N) is 2. The van der Waals surface area contributed by atoms with Crippen molar-refractivity contribution in [2.75, 3.05) is 26.2 Å². The van der Waals surface area contributed by atoms with Crippen LogP contribution in [0.1, 0.15) is 34.6 Å². The molecule has 0 aromatic rings. The Hall–Kier alpha value is -0.810. The molecule has 0 aromatic heterocycles. The Morgan fingerprint density at radius 1 is 1.33 bits per heavy atom. The number of hydrogen-bond donors (Lipinski definition) is 1. The molecule has 1 amide bonds. The smallest absolute Gasteiger partial charge is 0.410 e. The summed E-state index contributed by atoms with van der Waals surface area (Å²) < 4.78 is 5.38. The highest BCUT2D eigenvalue weighted by Gasteiger charge is 2.37. The van der Waals surface area contributed by atoms with Crippen LogP contribution >= 0.6 is 0 Å². The fourth-order valence-electron chi connectivity index (χ4n) is 2.37. The summed E-state index contributed by atoms with van der Waals surface area (Å²) in [7, 11) is 0. The maximum atomic E-state index is 12.0. The van der Waals surface area contributed by atoms with Crippen LogP contribution in [0, 0.1) is 0 Å². The van der Waals surface area contributed by atoms with Gasteiger partial charge in [-0.1, -0.05) is 13.8 Å². The van der Waals surface area contributed by atoms with Crippen molar-refractivity contribution in [1.29, 1.82) is 0 Å². The van der Waals surface area contributed by atoms with Gasteiger partial charge in [0.1, 0.15) is 5.60 Å². The summed E-state index contributed by atoms with van der Waals surface area (Å²) in [5, 5.41) is 0. The molecule has 1 fully saturated rings. The summed E-state index contributed by atoms with van der Waals surface area (Å²) in [5.41, 5.74) is 5.68. The van der Waals surface area contributed by atoms with Crippen LogP contribution in [0.25, 0.3) is 0 Å². The SMILES string of the molecule is CCN(CC)[C@@H]1CN(C(=O)OC(C)(C)C)C[C@@H]1N. The highest BCUT2D eigenvalue weighted by atomic mass is 16.6. The van der Waals surface area contributed by atoms with E-state index in [-0.39, 0.29) is 18.2 Å². The van der Waals surface area contributed by atoms with Crippen molar-refractivity contribution < 1.29 is 9.53 Å². The van der Waals surface area contributed by atoms with Crippen molar-refractivity contribution in [3.63, 3.8) is 0 Å². The van der Waals surface area contributed by atoms with Crippen molar-refractivity contribution in [1.82, 2.24) is 9.80 Å². The second-order valence-electron chi connectivity index (χ2n) is 5.84. The topological polar surface area (TPSA) is 58.8 Å². The second kappa shape index (κ2) is 5.89. The number of likely N-dealkylation sites (tertiary alicyclic amines) is 1. The number of ether oxygens (including phenoxy) is 1. The Bertz CT molecular complexity index is 284. The lowest BCUT2D eigenvalue weighted by Crippen LogP contribution is -2.46. The normalized spacial score (nSPS) is 24.7. The van der Waals surface area contributed by atoms with Crippen molar-refractivity contribution >= 4 is 6.09 Å². The maximum absolute atomic E-state index is 12.0. The van der Waals surface area contributed by atoms with Crippen LogP contribution in [0.4, 0.5) is 4.79 Å². The lowest BCUT2D eigenvalue weighted by molar-refractivity contribution is 0.0280. The Balaban J connectivity index is 2.60. The molecule has 0 spiro atoms. The Morgan fingerprint density at radius 3 is 2.33 bits per heavy atom. The van der Waals surface area contributed by atoms with Gasteiger partial charge in [0, 0.05) is 25.2 Å². The summed E-state index contributed by atoms with van der Waals surface area (Å²) in [6, 6.07) is 0.255. The molecule has 2 atom stereocenters. The molecule has 106 valence electrons. The summed E-state index contributed by atoms with van der Waals surface area (Å²) in [6.45, 7) is 13.0. The van der Waals surface area contributed by atoms with Gasteiger partial charge in [0.2, 0.25) is 0 Å². The van der Waals surface area contributed by atoms with Crippen molar-refractivity contribution in [2.24, 2.45) is 5.73 Å². The fourth-order valence-corrected chi connectivity index (χ4v) is 2.37. The Morgan fingerprint density at radius 2 is 1.89 bits per heavy atom. The molecule has 0 unspecified atom stereocenters. The number of amides is 1. The van der Waals surface area contributed by atoms with E-state index in [1.807, 2.05) is 20.8 Å². The van der Waals surface area contributed by atoms with E-state index in [9.17, 15) is 4.79 Å². The quantitative estimate of drug-likeness (QED) is 0.827. The molecule has 1 aliphatic rings. The first-order valence-electron chi connectivity index (χ1n) is 6.76. The van der Waals surface area contributed by atoms with E-state index in [4.69, 9.17) is 10.5 Å². The van der Waals surface area contributed by atoms with E-state index < -0.39 is 5.60 Å². The number of likely N-dealkylation sites (N-methyl/N-ethyl adjacent to an activating group) is 1. The largest absolute Gasteiger partial charge is 0.444 e. The lowest BCUT2D eigenvalue weighted by Gasteiger charge is -2.28. The summed E-state index contributed by atoms with van der Waals surface area (Å²) in [6.07, 6.45) is -0.257. The van der Waals surface area contributed by atoms with Gasteiger partial charge >= 0.3 is 6.09 Å². The summed E-state index contributed by atoms with van der Waals surface area (Å²) in [4.78, 5) is 16.0. The number of nitrogens with two attached hydrogens (primary N) is 1. The first kappa shape index (κ1) is 15.2. The number of rotatable bonds is 3. The van der Waals surface area contributed by atoms with E-state index in [1.54, 1.807) is 4.90 Å². The maximum Gasteiger partial charge on any atom is 0.410 e. The number of carbonyl (C=O) groups is 1. The van der Waals surface area contributed by atoms with Crippen LogP contribution in [0.5, 0.6) is 0 Å². The highest BCUT2D eigenvalue weighted by Crippen LogP contribution is 2.18. The Labute approximate surface area is 110 Å². The molecule has 5 heteroatoms. The van der Waals surface area contributed by atoms with Crippen LogP contribution in [-0.2, 0) is 4.74 Å². The molecule has 1 saturated heterocycles. The van der Waals surface area contributed by atoms with Crippen LogP contribution in [0.3, 0.4) is 0 Å². The van der Waals surface area contributed by atoms with Gasteiger partial charge in [0.05, 0.1) is 0 Å². The van der Waals surface area contributed by atoms with E-state index in [1.165, 1.54) is 0 Å². The summed E-state index contributed by atoms with van der Waals surface area (Å²) >= 11 is 0. The molecular weight excluding hydrogens is 230 g/mol. The van der Waals surface area contributed by atoms with Gasteiger partial charge < -0.3 is 15.4 Å². The lowest BCUT2D eigenvalue weighted by atomic mass is 10.1. The molecule has 18 heavy (non-hydrogen) atoms. The van der Waals surface area contributed by atoms with Crippen molar-refractivity contribution in [3.8, 4) is 0 Å². The minimum Gasteiger partial charge on any atom is -0.444 e. The number of carbonyl (C=O) groups excluding carboxylic acids is 1. The molecule has 0 aromatic carbocycles. The fraction of sp³-hybridized carbons (Fsp3) is 0.923. The monoisotopic (exact) mass is 257 g/mol. The minimum absolute atomic E-state index is 0.0115.